The zero-order valence-electron chi connectivity index (χ0n) is 12.2. The fraction of sp³-hybridized carbons (Fsp3) is 0.214. The number of aromatic nitrogens is 2. The molecule has 8 nitrogen and oxygen atoms in total. The number of benzene rings is 1. The van der Waals surface area contributed by atoms with Gasteiger partial charge in [0, 0.05) is 37.0 Å². The van der Waals surface area contributed by atoms with E-state index in [0.717, 1.165) is 6.07 Å². The van der Waals surface area contributed by atoms with Gasteiger partial charge in [-0.1, -0.05) is 11.6 Å². The van der Waals surface area contributed by atoms with E-state index in [1.165, 1.54) is 29.2 Å². The molecule has 1 aromatic heterocycles. The Morgan fingerprint density at radius 1 is 1.48 bits per heavy atom. The number of carbonyl (C=O) groups is 1. The highest BCUT2D eigenvalue weighted by molar-refractivity contribution is 6.33. The van der Waals surface area contributed by atoms with Crippen LogP contribution in [0, 0.1) is 17.0 Å². The topological polar surface area (TPSA) is 107 Å². The number of aryl methyl sites for hydroxylation is 1. The van der Waals surface area contributed by atoms with Gasteiger partial charge < -0.3 is 5.32 Å². The molecular weight excluding hydrogens is 324 g/mol. The predicted octanol–water partition coefficient (Wildman–Crippen LogP) is 1.54. The third-order valence-electron chi connectivity index (χ3n) is 3.12. The lowest BCUT2D eigenvalue weighted by atomic mass is 10.2. The number of amides is 1. The summed E-state index contributed by atoms with van der Waals surface area (Å²) in [5, 5.41) is 13.4. The van der Waals surface area contributed by atoms with Gasteiger partial charge >= 0.3 is 0 Å². The number of nitrogens with zero attached hydrogens (tertiary/aromatic N) is 3. The molecule has 1 amide bonds. The second-order valence-electron chi connectivity index (χ2n) is 4.75. The molecule has 0 atom stereocenters. The number of nitro groups is 1. The third kappa shape index (κ3) is 3.92. The smallest absolute Gasteiger partial charge is 0.270 e. The first-order valence-electron chi connectivity index (χ1n) is 6.63. The molecule has 0 aliphatic rings. The molecule has 23 heavy (non-hydrogen) atoms. The minimum absolute atomic E-state index is 0.00980. The summed E-state index contributed by atoms with van der Waals surface area (Å²) in [5.74, 6) is -0.549. The summed E-state index contributed by atoms with van der Waals surface area (Å²) in [6.07, 6.45) is 2.84. The van der Waals surface area contributed by atoms with E-state index in [1.54, 1.807) is 6.92 Å². The molecule has 0 saturated heterocycles. The van der Waals surface area contributed by atoms with E-state index >= 15 is 0 Å². The summed E-state index contributed by atoms with van der Waals surface area (Å²) < 4.78 is 1.37. The van der Waals surface area contributed by atoms with Gasteiger partial charge in [-0.05, 0) is 13.0 Å². The normalized spacial score (nSPS) is 10.3. The fourth-order valence-corrected chi connectivity index (χ4v) is 2.11. The average Bonchev–Trinajstić information content (AvgIpc) is 2.51. The van der Waals surface area contributed by atoms with Crippen LogP contribution in [-0.4, -0.2) is 26.9 Å². The largest absolute Gasteiger partial charge is 0.350 e. The average molecular weight is 337 g/mol. The van der Waals surface area contributed by atoms with Crippen molar-refractivity contribution in [3.05, 3.63) is 67.3 Å². The van der Waals surface area contributed by atoms with Crippen LogP contribution in [0.5, 0.6) is 0 Å². The number of nitro benzene ring substituents is 1. The standard InChI is InChI=1S/C14H13ClN4O4/c1-9-7-16-8-18(14(9)21)5-4-17-13(20)11-6-10(19(22)23)2-3-12(11)15/h2-3,6-8H,4-5H2,1H3,(H,17,20). The first kappa shape index (κ1) is 16.6. The van der Waals surface area contributed by atoms with Crippen molar-refractivity contribution in [2.45, 2.75) is 13.5 Å². The summed E-state index contributed by atoms with van der Waals surface area (Å²) in [7, 11) is 0. The summed E-state index contributed by atoms with van der Waals surface area (Å²) >= 11 is 5.89. The van der Waals surface area contributed by atoms with E-state index in [4.69, 9.17) is 11.6 Å². The second-order valence-corrected chi connectivity index (χ2v) is 5.16. The number of hydrogen-bond acceptors (Lipinski definition) is 5. The van der Waals surface area contributed by atoms with E-state index in [1.807, 2.05) is 0 Å². The molecule has 0 radical (unpaired) electrons. The Hall–Kier alpha value is -2.74. The summed E-state index contributed by atoms with van der Waals surface area (Å²) in [6, 6.07) is 3.62. The molecule has 9 heteroatoms. The van der Waals surface area contributed by atoms with Crippen LogP contribution in [0.1, 0.15) is 15.9 Å². The first-order chi connectivity index (χ1) is 10.9. The van der Waals surface area contributed by atoms with Crippen LogP contribution in [0.3, 0.4) is 0 Å². The Bertz CT molecular complexity index is 819. The Morgan fingerprint density at radius 3 is 2.91 bits per heavy atom. The summed E-state index contributed by atoms with van der Waals surface area (Å²) in [6.45, 7) is 2.03. The monoisotopic (exact) mass is 336 g/mol. The van der Waals surface area contributed by atoms with Crippen molar-refractivity contribution in [3.8, 4) is 0 Å². The van der Waals surface area contributed by atoms with Gasteiger partial charge in [-0.2, -0.15) is 0 Å². The lowest BCUT2D eigenvalue weighted by Gasteiger charge is -2.08. The highest BCUT2D eigenvalue weighted by atomic mass is 35.5. The van der Waals surface area contributed by atoms with E-state index in [-0.39, 0.29) is 34.9 Å². The zero-order valence-corrected chi connectivity index (χ0v) is 12.9. The van der Waals surface area contributed by atoms with E-state index in [9.17, 15) is 19.7 Å². The molecule has 120 valence electrons. The van der Waals surface area contributed by atoms with Crippen LogP contribution in [0.4, 0.5) is 5.69 Å². The van der Waals surface area contributed by atoms with Crippen molar-refractivity contribution in [2.24, 2.45) is 0 Å². The van der Waals surface area contributed by atoms with Crippen molar-refractivity contribution >= 4 is 23.2 Å². The van der Waals surface area contributed by atoms with Crippen molar-refractivity contribution < 1.29 is 9.72 Å². The maximum Gasteiger partial charge on any atom is 0.270 e. The zero-order chi connectivity index (χ0) is 17.0. The first-order valence-corrected chi connectivity index (χ1v) is 7.01. The van der Waals surface area contributed by atoms with Crippen LogP contribution in [0.25, 0.3) is 0 Å². The summed E-state index contributed by atoms with van der Waals surface area (Å²) in [5.41, 5.74) is 0.0948. The molecular formula is C14H13ClN4O4. The van der Waals surface area contributed by atoms with Gasteiger partial charge in [-0.3, -0.25) is 24.3 Å². The molecule has 0 aliphatic heterocycles. The Morgan fingerprint density at radius 2 is 2.22 bits per heavy atom. The van der Waals surface area contributed by atoms with Gasteiger partial charge in [0.25, 0.3) is 17.2 Å². The number of rotatable bonds is 5. The molecule has 0 unspecified atom stereocenters. The number of carbonyl (C=O) groups excluding carboxylic acids is 1. The molecule has 1 N–H and O–H groups in total. The molecule has 0 saturated carbocycles. The number of non-ortho nitro benzene ring substituents is 1. The van der Waals surface area contributed by atoms with Gasteiger partial charge in [-0.25, -0.2) is 4.98 Å². The van der Waals surface area contributed by atoms with Gasteiger partial charge in [-0.15, -0.1) is 0 Å². The van der Waals surface area contributed by atoms with Crippen LogP contribution in [0.2, 0.25) is 5.02 Å². The molecule has 0 spiro atoms. The summed E-state index contributed by atoms with van der Waals surface area (Å²) in [4.78, 5) is 37.9. The maximum atomic E-state index is 12.1. The van der Waals surface area contributed by atoms with Gasteiger partial charge in [0.1, 0.15) is 0 Å². The SMILES string of the molecule is Cc1cncn(CCNC(=O)c2cc([N+](=O)[O-])ccc2Cl)c1=O. The van der Waals surface area contributed by atoms with Gasteiger partial charge in [0.15, 0.2) is 0 Å². The van der Waals surface area contributed by atoms with E-state index < -0.39 is 10.8 Å². The molecule has 1 aromatic carbocycles. The van der Waals surface area contributed by atoms with E-state index in [2.05, 4.69) is 10.3 Å². The minimum Gasteiger partial charge on any atom is -0.350 e. The van der Waals surface area contributed by atoms with Crippen molar-refractivity contribution in [1.82, 2.24) is 14.9 Å². The fourth-order valence-electron chi connectivity index (χ4n) is 1.91. The van der Waals surface area contributed by atoms with Crippen LogP contribution >= 0.6 is 11.6 Å². The quantitative estimate of drug-likeness (QED) is 0.658. The van der Waals surface area contributed by atoms with Crippen molar-refractivity contribution in [3.63, 3.8) is 0 Å². The highest BCUT2D eigenvalue weighted by Crippen LogP contribution is 2.21. The Balaban J connectivity index is 2.05. The van der Waals surface area contributed by atoms with E-state index in [0.29, 0.717) is 5.56 Å². The van der Waals surface area contributed by atoms with Crippen molar-refractivity contribution in [2.75, 3.05) is 6.54 Å². The maximum absolute atomic E-state index is 12.1. The Labute approximate surface area is 135 Å². The van der Waals surface area contributed by atoms with Crippen molar-refractivity contribution in [1.29, 1.82) is 0 Å². The van der Waals surface area contributed by atoms with Crippen LogP contribution in [0.15, 0.2) is 35.5 Å². The third-order valence-corrected chi connectivity index (χ3v) is 3.45. The van der Waals surface area contributed by atoms with Gasteiger partial charge in [0.05, 0.1) is 21.8 Å². The number of hydrogen-bond donors (Lipinski definition) is 1. The lowest BCUT2D eigenvalue weighted by Crippen LogP contribution is -2.31. The van der Waals surface area contributed by atoms with Crippen LogP contribution < -0.4 is 10.9 Å². The Kier molecular flexibility index (Phi) is 5.07. The lowest BCUT2D eigenvalue weighted by molar-refractivity contribution is -0.384. The number of nitrogens with one attached hydrogen (secondary N) is 1. The molecule has 1 heterocycles. The molecule has 0 bridgehead atoms. The second kappa shape index (κ2) is 7.01. The highest BCUT2D eigenvalue weighted by Gasteiger charge is 2.15. The molecule has 2 rings (SSSR count). The van der Waals surface area contributed by atoms with Crippen LogP contribution in [-0.2, 0) is 6.54 Å². The minimum atomic E-state index is -0.606. The number of halogens is 1. The molecule has 0 aliphatic carbocycles. The predicted molar refractivity (Wildman–Crippen MR) is 83.7 cm³/mol. The molecule has 0 fully saturated rings. The van der Waals surface area contributed by atoms with Gasteiger partial charge in [0.2, 0.25) is 0 Å². The molecule has 2 aromatic rings.